The average molecular weight is 573 g/mol. The minimum absolute atomic E-state index is 0.0969. The molecule has 1 aliphatic carbocycles. The summed E-state index contributed by atoms with van der Waals surface area (Å²) in [5.74, 6) is -1.18. The van der Waals surface area contributed by atoms with Gasteiger partial charge in [-0.2, -0.15) is 8.78 Å². The molecule has 0 spiro atoms. The smallest absolute Gasteiger partial charge is 0.400 e. The molecule has 0 aliphatic heterocycles. The van der Waals surface area contributed by atoms with Crippen molar-refractivity contribution in [3.05, 3.63) is 59.7 Å². The predicted molar refractivity (Wildman–Crippen MR) is 156 cm³/mol. The number of halogens is 2. The van der Waals surface area contributed by atoms with Crippen molar-refractivity contribution in [2.45, 2.75) is 77.2 Å². The number of nitrogens with two attached hydrogens (primary N) is 2. The molecule has 0 radical (unpaired) electrons. The first kappa shape index (κ1) is 31.9. The maximum absolute atomic E-state index is 14.8. The number of carbonyl (C=O) groups is 2. The Labute approximate surface area is 241 Å². The molecule has 1 saturated carbocycles. The molecule has 0 heterocycles. The molecule has 0 saturated heterocycles. The number of ether oxygens (including phenoxy) is 3. The minimum atomic E-state index is -3.21. The molecule has 0 aromatic heterocycles. The van der Waals surface area contributed by atoms with Crippen LogP contribution in [0.25, 0.3) is 6.08 Å². The zero-order valence-corrected chi connectivity index (χ0v) is 23.8. The third-order valence-corrected chi connectivity index (χ3v) is 7.31. The van der Waals surface area contributed by atoms with E-state index in [1.807, 2.05) is 0 Å². The fourth-order valence-electron chi connectivity index (χ4n) is 4.99. The summed E-state index contributed by atoms with van der Waals surface area (Å²) in [5, 5.41) is 0. The largest absolute Gasteiger partial charge is 0.463 e. The number of unbranched alkanes of at least 4 members (excludes halogenated alkanes) is 3. The molecule has 0 bridgehead atoms. The second kappa shape index (κ2) is 16.0. The van der Waals surface area contributed by atoms with E-state index in [0.29, 0.717) is 48.5 Å². The predicted octanol–water partition coefficient (Wildman–Crippen LogP) is 7.40. The molecule has 4 N–H and O–H groups in total. The molecule has 2 aromatic rings. The summed E-state index contributed by atoms with van der Waals surface area (Å²) < 4.78 is 45.0. The van der Waals surface area contributed by atoms with Crippen molar-refractivity contribution in [1.29, 1.82) is 0 Å². The maximum Gasteiger partial charge on any atom is 0.400 e. The van der Waals surface area contributed by atoms with Crippen LogP contribution in [-0.2, 0) is 14.3 Å². The van der Waals surface area contributed by atoms with Gasteiger partial charge in [0.2, 0.25) is 0 Å². The van der Waals surface area contributed by atoms with Crippen LogP contribution in [0.2, 0.25) is 0 Å². The summed E-state index contributed by atoms with van der Waals surface area (Å²) in [6.07, 6.45) is 7.94. The molecule has 1 aliphatic rings. The average Bonchev–Trinajstić information content (AvgIpc) is 2.94. The van der Waals surface area contributed by atoms with E-state index in [9.17, 15) is 18.4 Å². The van der Waals surface area contributed by atoms with Crippen LogP contribution in [0, 0.1) is 11.8 Å². The first-order valence-electron chi connectivity index (χ1n) is 14.5. The quantitative estimate of drug-likeness (QED) is 0.0989. The zero-order valence-electron chi connectivity index (χ0n) is 23.8. The van der Waals surface area contributed by atoms with Crippen LogP contribution in [0.4, 0.5) is 20.2 Å². The number of hydrogen-bond donors (Lipinski definition) is 2. The van der Waals surface area contributed by atoms with E-state index in [1.54, 1.807) is 24.3 Å². The van der Waals surface area contributed by atoms with Crippen LogP contribution in [0.1, 0.15) is 87.1 Å². The topological polar surface area (TPSA) is 114 Å². The lowest BCUT2D eigenvalue weighted by atomic mass is 9.79. The standard InChI is InChI=1S/C32H42F2N2O5/c1-2-3-4-7-23-8-13-26(14-9-23)32(33,34)41-29-15-10-24(11-16-29)12-17-30(37)39-18-5-6-19-40-31(38)25-20-27(35)22-28(36)21-25/h10-12,15-17,20-23,26H,2-9,13-14,18-19,35-36H2,1H3/b17-12+. The van der Waals surface area contributed by atoms with Gasteiger partial charge in [-0.05, 0) is 86.4 Å². The van der Waals surface area contributed by atoms with Crippen LogP contribution in [-0.4, -0.2) is 31.3 Å². The molecule has 224 valence electrons. The molecule has 7 nitrogen and oxygen atoms in total. The number of anilines is 2. The minimum Gasteiger partial charge on any atom is -0.463 e. The van der Waals surface area contributed by atoms with Gasteiger partial charge < -0.3 is 25.7 Å². The van der Waals surface area contributed by atoms with Gasteiger partial charge in [0, 0.05) is 17.5 Å². The summed E-state index contributed by atoms with van der Waals surface area (Å²) in [6.45, 7) is 2.49. The number of alkyl halides is 2. The summed E-state index contributed by atoms with van der Waals surface area (Å²) in [4.78, 5) is 24.0. The van der Waals surface area contributed by atoms with Crippen molar-refractivity contribution in [1.82, 2.24) is 0 Å². The Hall–Kier alpha value is -3.62. The third-order valence-electron chi connectivity index (χ3n) is 7.31. The summed E-state index contributed by atoms with van der Waals surface area (Å²) in [7, 11) is 0. The van der Waals surface area contributed by atoms with E-state index in [2.05, 4.69) is 6.92 Å². The highest BCUT2D eigenvalue weighted by Gasteiger charge is 2.43. The molecule has 2 aromatic carbocycles. The molecule has 0 atom stereocenters. The van der Waals surface area contributed by atoms with Gasteiger partial charge in [0.25, 0.3) is 0 Å². The number of carbonyl (C=O) groups excluding carboxylic acids is 2. The molecule has 0 unspecified atom stereocenters. The lowest BCUT2D eigenvalue weighted by Gasteiger charge is -2.33. The second-order valence-corrected chi connectivity index (χ2v) is 10.7. The van der Waals surface area contributed by atoms with Crippen molar-refractivity contribution in [3.8, 4) is 5.75 Å². The molecule has 0 amide bonds. The van der Waals surface area contributed by atoms with E-state index in [0.717, 1.165) is 19.3 Å². The summed E-state index contributed by atoms with van der Waals surface area (Å²) in [6, 6.07) is 10.7. The van der Waals surface area contributed by atoms with Crippen molar-refractivity contribution in [2.75, 3.05) is 24.7 Å². The van der Waals surface area contributed by atoms with E-state index in [1.165, 1.54) is 49.6 Å². The Morgan fingerprint density at radius 1 is 0.902 bits per heavy atom. The van der Waals surface area contributed by atoms with Crippen LogP contribution in [0.3, 0.4) is 0 Å². The SMILES string of the molecule is CCCCCC1CCC(C(F)(F)Oc2ccc(/C=C/C(=O)OCCCCOC(=O)c3cc(N)cc(N)c3)cc2)CC1. The first-order valence-corrected chi connectivity index (χ1v) is 14.5. The van der Waals surface area contributed by atoms with Crippen LogP contribution in [0.5, 0.6) is 5.75 Å². The van der Waals surface area contributed by atoms with Gasteiger partial charge in [0.1, 0.15) is 5.75 Å². The highest BCUT2D eigenvalue weighted by atomic mass is 19.3. The lowest BCUT2D eigenvalue weighted by Crippen LogP contribution is -2.37. The van der Waals surface area contributed by atoms with Gasteiger partial charge >= 0.3 is 18.0 Å². The Kier molecular flexibility index (Phi) is 12.4. The Balaban J connectivity index is 1.32. The number of nitrogen functional groups attached to an aromatic ring is 2. The zero-order chi connectivity index (χ0) is 29.7. The third kappa shape index (κ3) is 11.1. The van der Waals surface area contributed by atoms with Gasteiger partial charge in [-0.15, -0.1) is 0 Å². The summed E-state index contributed by atoms with van der Waals surface area (Å²) in [5.41, 5.74) is 13.0. The van der Waals surface area contributed by atoms with Gasteiger partial charge in [-0.3, -0.25) is 0 Å². The number of benzene rings is 2. The normalized spacial score (nSPS) is 17.3. The Morgan fingerprint density at radius 2 is 1.54 bits per heavy atom. The van der Waals surface area contributed by atoms with E-state index in [4.69, 9.17) is 25.7 Å². The highest BCUT2D eigenvalue weighted by Crippen LogP contribution is 2.41. The molecule has 9 heteroatoms. The maximum atomic E-state index is 14.8. The van der Waals surface area contributed by atoms with Gasteiger partial charge in [-0.25, -0.2) is 9.59 Å². The van der Waals surface area contributed by atoms with E-state index >= 15 is 0 Å². The second-order valence-electron chi connectivity index (χ2n) is 10.7. The first-order chi connectivity index (χ1) is 19.7. The van der Waals surface area contributed by atoms with Crippen molar-refractivity contribution < 1.29 is 32.6 Å². The van der Waals surface area contributed by atoms with Gasteiger partial charge in [0.05, 0.1) is 24.7 Å². The van der Waals surface area contributed by atoms with Gasteiger partial charge in [-0.1, -0.05) is 44.7 Å². The molecule has 1 fully saturated rings. The van der Waals surface area contributed by atoms with Crippen LogP contribution < -0.4 is 16.2 Å². The van der Waals surface area contributed by atoms with Crippen molar-refractivity contribution >= 4 is 29.4 Å². The van der Waals surface area contributed by atoms with Crippen LogP contribution in [0.15, 0.2) is 48.5 Å². The molecular formula is C32H42F2N2O5. The van der Waals surface area contributed by atoms with Gasteiger partial charge in [0.15, 0.2) is 0 Å². The molecule has 3 rings (SSSR count). The summed E-state index contributed by atoms with van der Waals surface area (Å²) >= 11 is 0. The fraction of sp³-hybridized carbons (Fsp3) is 0.500. The number of rotatable bonds is 15. The molecule has 41 heavy (non-hydrogen) atoms. The van der Waals surface area contributed by atoms with Crippen LogP contribution >= 0.6 is 0 Å². The highest BCUT2D eigenvalue weighted by molar-refractivity contribution is 5.91. The Bertz CT molecular complexity index is 1130. The molecular weight excluding hydrogens is 530 g/mol. The van der Waals surface area contributed by atoms with Crippen molar-refractivity contribution in [3.63, 3.8) is 0 Å². The van der Waals surface area contributed by atoms with E-state index < -0.39 is 24.0 Å². The lowest BCUT2D eigenvalue weighted by molar-refractivity contribution is -0.223. The number of esters is 2. The number of hydrogen-bond acceptors (Lipinski definition) is 7. The monoisotopic (exact) mass is 572 g/mol. The Morgan fingerprint density at radius 3 is 2.17 bits per heavy atom. The van der Waals surface area contributed by atoms with E-state index in [-0.39, 0.29) is 24.5 Å². The van der Waals surface area contributed by atoms with Crippen molar-refractivity contribution in [2.24, 2.45) is 11.8 Å². The fourth-order valence-corrected chi connectivity index (χ4v) is 4.99.